The number of hydrogen-bond donors (Lipinski definition) is 0. The van der Waals surface area contributed by atoms with Crippen LogP contribution in [0.4, 0.5) is 0 Å². The molecule has 3 nitrogen and oxygen atoms in total. The maximum atomic E-state index is 9.12. The molecule has 1 fully saturated rings. The molecule has 3 rings (SSSR count). The summed E-state index contributed by atoms with van der Waals surface area (Å²) in [6.07, 6.45) is 6.94. The van der Waals surface area contributed by atoms with Crippen LogP contribution >= 0.6 is 15.9 Å². The highest BCUT2D eigenvalue weighted by Gasteiger charge is 2.23. The predicted octanol–water partition coefficient (Wildman–Crippen LogP) is 3.63. The lowest BCUT2D eigenvalue weighted by molar-refractivity contribution is 0.664. The molecular formula is C13H12BrN3. The molecule has 0 N–H and O–H groups in total. The van der Waals surface area contributed by atoms with E-state index in [0.717, 1.165) is 15.8 Å². The Morgan fingerprint density at radius 2 is 2.12 bits per heavy atom. The van der Waals surface area contributed by atoms with Gasteiger partial charge >= 0.3 is 0 Å². The zero-order valence-electron chi connectivity index (χ0n) is 9.36. The predicted molar refractivity (Wildman–Crippen MR) is 68.8 cm³/mol. The summed E-state index contributed by atoms with van der Waals surface area (Å²) in [4.78, 5) is 4.51. The maximum absolute atomic E-state index is 9.12. The van der Waals surface area contributed by atoms with Gasteiger partial charge in [-0.2, -0.15) is 5.26 Å². The SMILES string of the molecule is N#Cc1nc(C2CCCC2)n2cc(Br)ccc12. The molecule has 0 bridgehead atoms. The second-order valence-electron chi connectivity index (χ2n) is 4.51. The average Bonchev–Trinajstić information content (AvgIpc) is 2.94. The fourth-order valence-corrected chi connectivity index (χ4v) is 2.97. The van der Waals surface area contributed by atoms with Gasteiger partial charge in [0, 0.05) is 16.6 Å². The molecule has 2 heterocycles. The zero-order chi connectivity index (χ0) is 11.8. The number of hydrogen-bond acceptors (Lipinski definition) is 2. The highest BCUT2D eigenvalue weighted by atomic mass is 79.9. The molecule has 0 atom stereocenters. The van der Waals surface area contributed by atoms with Gasteiger partial charge in [0.15, 0.2) is 5.69 Å². The van der Waals surface area contributed by atoms with Gasteiger partial charge in [-0.15, -0.1) is 0 Å². The highest BCUT2D eigenvalue weighted by molar-refractivity contribution is 9.10. The molecular weight excluding hydrogens is 278 g/mol. The molecule has 0 spiro atoms. The summed E-state index contributed by atoms with van der Waals surface area (Å²) in [5.41, 5.74) is 1.46. The summed E-state index contributed by atoms with van der Waals surface area (Å²) < 4.78 is 3.09. The molecule has 0 saturated heterocycles. The molecule has 0 amide bonds. The molecule has 0 aromatic carbocycles. The van der Waals surface area contributed by atoms with E-state index in [4.69, 9.17) is 5.26 Å². The number of pyridine rings is 1. The highest BCUT2D eigenvalue weighted by Crippen LogP contribution is 2.34. The third kappa shape index (κ3) is 1.75. The van der Waals surface area contributed by atoms with Gasteiger partial charge in [-0.05, 0) is 40.9 Å². The van der Waals surface area contributed by atoms with Crippen molar-refractivity contribution in [1.29, 1.82) is 5.26 Å². The Kier molecular flexibility index (Phi) is 2.64. The molecule has 17 heavy (non-hydrogen) atoms. The van der Waals surface area contributed by atoms with Crippen molar-refractivity contribution in [1.82, 2.24) is 9.38 Å². The lowest BCUT2D eigenvalue weighted by Gasteiger charge is -2.07. The Balaban J connectivity index is 2.23. The van der Waals surface area contributed by atoms with Gasteiger partial charge in [-0.25, -0.2) is 4.98 Å². The number of nitrogens with zero attached hydrogens (tertiary/aromatic N) is 3. The number of rotatable bonds is 1. The van der Waals surface area contributed by atoms with E-state index in [2.05, 4.69) is 31.4 Å². The summed E-state index contributed by atoms with van der Waals surface area (Å²) in [6.45, 7) is 0. The van der Waals surface area contributed by atoms with Crippen LogP contribution in [0.3, 0.4) is 0 Å². The minimum atomic E-state index is 0.513. The van der Waals surface area contributed by atoms with Gasteiger partial charge in [0.25, 0.3) is 0 Å². The normalized spacial score (nSPS) is 16.5. The van der Waals surface area contributed by atoms with E-state index >= 15 is 0 Å². The number of aromatic nitrogens is 2. The molecule has 0 unspecified atom stereocenters. The summed E-state index contributed by atoms with van der Waals surface area (Å²) in [7, 11) is 0. The van der Waals surface area contributed by atoms with Crippen molar-refractivity contribution in [2.45, 2.75) is 31.6 Å². The molecule has 2 aromatic rings. The Labute approximate surface area is 108 Å². The molecule has 4 heteroatoms. The first-order valence-corrected chi connectivity index (χ1v) is 6.66. The Morgan fingerprint density at radius 1 is 1.35 bits per heavy atom. The minimum Gasteiger partial charge on any atom is -0.301 e. The van der Waals surface area contributed by atoms with Crippen LogP contribution in [0.5, 0.6) is 0 Å². The van der Waals surface area contributed by atoms with E-state index in [-0.39, 0.29) is 0 Å². The van der Waals surface area contributed by atoms with E-state index in [1.807, 2.05) is 18.3 Å². The first-order chi connectivity index (χ1) is 8.29. The average molecular weight is 290 g/mol. The summed E-state index contributed by atoms with van der Waals surface area (Å²) in [5, 5.41) is 9.12. The molecule has 2 aromatic heterocycles. The van der Waals surface area contributed by atoms with E-state index in [1.165, 1.54) is 25.7 Å². The molecule has 1 aliphatic rings. The zero-order valence-corrected chi connectivity index (χ0v) is 10.9. The van der Waals surface area contributed by atoms with Crippen molar-refractivity contribution in [2.24, 2.45) is 0 Å². The Hall–Kier alpha value is -1.34. The van der Waals surface area contributed by atoms with E-state index in [1.54, 1.807) is 0 Å². The van der Waals surface area contributed by atoms with Crippen LogP contribution in [0.1, 0.15) is 43.1 Å². The van der Waals surface area contributed by atoms with Crippen LogP contribution in [-0.4, -0.2) is 9.38 Å². The monoisotopic (exact) mass is 289 g/mol. The Morgan fingerprint density at radius 3 is 2.82 bits per heavy atom. The summed E-state index contributed by atoms with van der Waals surface area (Å²) >= 11 is 3.47. The van der Waals surface area contributed by atoms with Gasteiger partial charge in [0.05, 0.1) is 5.52 Å². The van der Waals surface area contributed by atoms with Crippen molar-refractivity contribution in [3.8, 4) is 6.07 Å². The van der Waals surface area contributed by atoms with Gasteiger partial charge in [-0.1, -0.05) is 12.8 Å². The standard InChI is InChI=1S/C13H12BrN3/c14-10-5-6-12-11(7-15)16-13(17(12)8-10)9-3-1-2-4-9/h5-6,8-9H,1-4H2. The fraction of sp³-hybridized carbons (Fsp3) is 0.385. The van der Waals surface area contributed by atoms with Crippen molar-refractivity contribution in [2.75, 3.05) is 0 Å². The summed E-state index contributed by atoms with van der Waals surface area (Å²) in [6, 6.07) is 6.09. The minimum absolute atomic E-state index is 0.513. The molecule has 86 valence electrons. The van der Waals surface area contributed by atoms with Crippen LogP contribution in [0.2, 0.25) is 0 Å². The van der Waals surface area contributed by atoms with Gasteiger partial charge in [0.2, 0.25) is 0 Å². The van der Waals surface area contributed by atoms with Crippen molar-refractivity contribution in [3.05, 3.63) is 34.3 Å². The van der Waals surface area contributed by atoms with Crippen molar-refractivity contribution in [3.63, 3.8) is 0 Å². The third-order valence-electron chi connectivity index (χ3n) is 3.45. The first-order valence-electron chi connectivity index (χ1n) is 5.87. The van der Waals surface area contributed by atoms with Crippen LogP contribution < -0.4 is 0 Å². The quantitative estimate of drug-likeness (QED) is 0.804. The smallest absolute Gasteiger partial charge is 0.166 e. The number of fused-ring (bicyclic) bond motifs is 1. The largest absolute Gasteiger partial charge is 0.301 e. The van der Waals surface area contributed by atoms with Crippen LogP contribution in [0.15, 0.2) is 22.8 Å². The van der Waals surface area contributed by atoms with Crippen LogP contribution in [0.25, 0.3) is 5.52 Å². The van der Waals surface area contributed by atoms with Gasteiger partial charge in [-0.3, -0.25) is 0 Å². The molecule has 1 aliphatic carbocycles. The maximum Gasteiger partial charge on any atom is 0.166 e. The van der Waals surface area contributed by atoms with Crippen LogP contribution in [0, 0.1) is 11.3 Å². The van der Waals surface area contributed by atoms with E-state index < -0.39 is 0 Å². The second kappa shape index (κ2) is 4.15. The van der Waals surface area contributed by atoms with Crippen LogP contribution in [-0.2, 0) is 0 Å². The lowest BCUT2D eigenvalue weighted by atomic mass is 10.1. The van der Waals surface area contributed by atoms with E-state index in [0.29, 0.717) is 11.6 Å². The van der Waals surface area contributed by atoms with Gasteiger partial charge < -0.3 is 4.40 Å². The molecule has 1 saturated carbocycles. The first kappa shape index (κ1) is 10.8. The topological polar surface area (TPSA) is 41.1 Å². The number of halogens is 1. The summed E-state index contributed by atoms with van der Waals surface area (Å²) in [5.74, 6) is 1.56. The third-order valence-corrected chi connectivity index (χ3v) is 3.92. The van der Waals surface area contributed by atoms with Crippen molar-refractivity contribution < 1.29 is 0 Å². The lowest BCUT2D eigenvalue weighted by Crippen LogP contribution is -1.99. The fourth-order valence-electron chi connectivity index (χ4n) is 2.64. The van der Waals surface area contributed by atoms with E-state index in [9.17, 15) is 0 Å². The Bertz CT molecular complexity index is 603. The van der Waals surface area contributed by atoms with Gasteiger partial charge in [0.1, 0.15) is 11.9 Å². The van der Waals surface area contributed by atoms with Crippen molar-refractivity contribution >= 4 is 21.4 Å². The number of nitriles is 1. The molecule has 0 radical (unpaired) electrons. The number of imidazole rings is 1. The molecule has 0 aliphatic heterocycles. The second-order valence-corrected chi connectivity index (χ2v) is 5.43.